The van der Waals surface area contributed by atoms with Crippen LogP contribution in [0.1, 0.15) is 18.9 Å². The van der Waals surface area contributed by atoms with E-state index in [4.69, 9.17) is 0 Å². The molecule has 0 radical (unpaired) electrons. The lowest BCUT2D eigenvalue weighted by Gasteiger charge is -2.09. The van der Waals surface area contributed by atoms with Crippen LogP contribution in [-0.2, 0) is 5.41 Å². The quantitative estimate of drug-likeness (QED) is 0.604. The van der Waals surface area contributed by atoms with Crippen molar-refractivity contribution in [2.45, 2.75) is 24.7 Å². The van der Waals surface area contributed by atoms with Crippen molar-refractivity contribution in [3.8, 4) is 0 Å². The van der Waals surface area contributed by atoms with Crippen molar-refractivity contribution < 1.29 is 8.78 Å². The summed E-state index contributed by atoms with van der Waals surface area (Å²) in [6.45, 7) is 1.61. The molecule has 1 aromatic rings. The van der Waals surface area contributed by atoms with Gasteiger partial charge in [-0.25, -0.2) is 8.78 Å². The van der Waals surface area contributed by atoms with Crippen LogP contribution in [0.4, 0.5) is 8.78 Å². The molecule has 1 aliphatic rings. The van der Waals surface area contributed by atoms with Crippen molar-refractivity contribution in [3.05, 3.63) is 35.9 Å². The average molecular weight is 168 g/mol. The Morgan fingerprint density at radius 3 is 2.08 bits per heavy atom. The summed E-state index contributed by atoms with van der Waals surface area (Å²) in [4.78, 5) is 0. The molecule has 0 heterocycles. The number of alkyl halides is 2. The molecular formula is C10H10F2. The van der Waals surface area contributed by atoms with Gasteiger partial charge in [0, 0.05) is 6.42 Å². The fourth-order valence-electron chi connectivity index (χ4n) is 1.52. The lowest BCUT2D eigenvalue weighted by atomic mass is 9.98. The smallest absolute Gasteiger partial charge is 0.206 e. The zero-order valence-corrected chi connectivity index (χ0v) is 6.85. The Hall–Kier alpha value is -0.920. The van der Waals surface area contributed by atoms with E-state index in [9.17, 15) is 8.78 Å². The Balaban J connectivity index is 2.35. The van der Waals surface area contributed by atoms with Gasteiger partial charge in [-0.05, 0) is 12.5 Å². The second-order valence-corrected chi connectivity index (χ2v) is 3.58. The molecule has 1 saturated carbocycles. The Bertz CT molecular complexity index is 292. The normalized spacial score (nSPS) is 31.6. The van der Waals surface area contributed by atoms with E-state index < -0.39 is 11.3 Å². The van der Waals surface area contributed by atoms with Crippen LogP contribution >= 0.6 is 0 Å². The van der Waals surface area contributed by atoms with E-state index in [2.05, 4.69) is 0 Å². The van der Waals surface area contributed by atoms with Crippen LogP contribution < -0.4 is 0 Å². The lowest BCUT2D eigenvalue weighted by Crippen LogP contribution is -2.10. The first-order valence-electron chi connectivity index (χ1n) is 4.00. The van der Waals surface area contributed by atoms with E-state index in [1.54, 1.807) is 31.2 Å². The second-order valence-electron chi connectivity index (χ2n) is 3.58. The first kappa shape index (κ1) is 7.71. The zero-order chi connectivity index (χ0) is 8.82. The van der Waals surface area contributed by atoms with E-state index >= 15 is 0 Å². The SMILES string of the molecule is C[C@@]1(c2ccccc2)CC1(F)F. The van der Waals surface area contributed by atoms with E-state index in [1.165, 1.54) is 0 Å². The molecule has 2 rings (SSSR count). The minimum absolute atomic E-state index is 0.00991. The average Bonchev–Trinajstić information content (AvgIpc) is 2.55. The molecule has 2 heteroatoms. The molecule has 0 amide bonds. The Morgan fingerprint density at radius 1 is 1.17 bits per heavy atom. The molecule has 0 N–H and O–H groups in total. The van der Waals surface area contributed by atoms with Gasteiger partial charge in [0.1, 0.15) is 0 Å². The summed E-state index contributed by atoms with van der Waals surface area (Å²) in [6.07, 6.45) is -0.00991. The summed E-state index contributed by atoms with van der Waals surface area (Å²) in [6, 6.07) is 8.97. The molecule has 1 aliphatic carbocycles. The predicted molar refractivity (Wildman–Crippen MR) is 43.4 cm³/mol. The maximum absolute atomic E-state index is 12.9. The number of hydrogen-bond acceptors (Lipinski definition) is 0. The van der Waals surface area contributed by atoms with Gasteiger partial charge in [-0.15, -0.1) is 0 Å². The van der Waals surface area contributed by atoms with Gasteiger partial charge in [0.2, 0.25) is 0 Å². The monoisotopic (exact) mass is 168 g/mol. The van der Waals surface area contributed by atoms with Gasteiger partial charge in [-0.1, -0.05) is 30.3 Å². The van der Waals surface area contributed by atoms with Crippen molar-refractivity contribution in [2.24, 2.45) is 0 Å². The highest BCUT2D eigenvalue weighted by molar-refractivity contribution is 5.35. The molecule has 1 aromatic carbocycles. The Labute approximate surface area is 70.2 Å². The van der Waals surface area contributed by atoms with Gasteiger partial charge in [0.15, 0.2) is 0 Å². The number of halogens is 2. The van der Waals surface area contributed by atoms with E-state index in [-0.39, 0.29) is 6.42 Å². The van der Waals surface area contributed by atoms with Gasteiger partial charge in [-0.2, -0.15) is 0 Å². The first-order chi connectivity index (χ1) is 5.56. The van der Waals surface area contributed by atoms with Crippen molar-refractivity contribution in [1.29, 1.82) is 0 Å². The molecule has 0 saturated heterocycles. The maximum Gasteiger partial charge on any atom is 0.258 e. The van der Waals surface area contributed by atoms with Crippen molar-refractivity contribution in [2.75, 3.05) is 0 Å². The summed E-state index contributed by atoms with van der Waals surface area (Å²) < 4.78 is 25.7. The van der Waals surface area contributed by atoms with Crippen LogP contribution in [0.3, 0.4) is 0 Å². The highest BCUT2D eigenvalue weighted by Gasteiger charge is 2.68. The minimum atomic E-state index is -2.49. The largest absolute Gasteiger partial charge is 0.258 e. The number of hydrogen-bond donors (Lipinski definition) is 0. The van der Waals surface area contributed by atoms with Crippen LogP contribution in [0.5, 0.6) is 0 Å². The molecule has 0 unspecified atom stereocenters. The van der Waals surface area contributed by atoms with Crippen LogP contribution in [0, 0.1) is 0 Å². The fourth-order valence-corrected chi connectivity index (χ4v) is 1.52. The first-order valence-corrected chi connectivity index (χ1v) is 4.00. The molecule has 0 nitrogen and oxygen atoms in total. The fraction of sp³-hybridized carbons (Fsp3) is 0.400. The predicted octanol–water partition coefficient (Wildman–Crippen LogP) is 2.98. The van der Waals surface area contributed by atoms with E-state index in [0.29, 0.717) is 0 Å². The maximum atomic E-state index is 12.9. The summed E-state index contributed by atoms with van der Waals surface area (Å²) in [5.41, 5.74) is -0.149. The van der Waals surface area contributed by atoms with Gasteiger partial charge in [0.05, 0.1) is 5.41 Å². The lowest BCUT2D eigenvalue weighted by molar-refractivity contribution is 0.0920. The van der Waals surface area contributed by atoms with Gasteiger partial charge in [-0.3, -0.25) is 0 Å². The molecular weight excluding hydrogens is 158 g/mol. The molecule has 0 spiro atoms. The highest BCUT2D eigenvalue weighted by atomic mass is 19.3. The van der Waals surface area contributed by atoms with E-state index in [0.717, 1.165) is 5.56 Å². The summed E-state index contributed by atoms with van der Waals surface area (Å²) >= 11 is 0. The number of rotatable bonds is 1. The van der Waals surface area contributed by atoms with Crippen molar-refractivity contribution in [3.63, 3.8) is 0 Å². The van der Waals surface area contributed by atoms with Crippen molar-refractivity contribution >= 4 is 0 Å². The van der Waals surface area contributed by atoms with Gasteiger partial charge in [0.25, 0.3) is 5.92 Å². The van der Waals surface area contributed by atoms with Gasteiger partial charge < -0.3 is 0 Å². The Kier molecular flexibility index (Phi) is 1.33. The van der Waals surface area contributed by atoms with Crippen LogP contribution in [-0.4, -0.2) is 5.92 Å². The third-order valence-electron chi connectivity index (χ3n) is 2.67. The molecule has 64 valence electrons. The molecule has 0 aromatic heterocycles. The number of benzene rings is 1. The molecule has 12 heavy (non-hydrogen) atoms. The second kappa shape index (κ2) is 2.06. The highest BCUT2D eigenvalue weighted by Crippen LogP contribution is 2.61. The molecule has 1 atom stereocenters. The van der Waals surface area contributed by atoms with Gasteiger partial charge >= 0.3 is 0 Å². The third-order valence-corrected chi connectivity index (χ3v) is 2.67. The Morgan fingerprint density at radius 2 is 1.67 bits per heavy atom. The third kappa shape index (κ3) is 0.872. The zero-order valence-electron chi connectivity index (χ0n) is 6.85. The van der Waals surface area contributed by atoms with Crippen LogP contribution in [0.15, 0.2) is 30.3 Å². The summed E-state index contributed by atoms with van der Waals surface area (Å²) in [7, 11) is 0. The summed E-state index contributed by atoms with van der Waals surface area (Å²) in [5, 5.41) is 0. The summed E-state index contributed by atoms with van der Waals surface area (Å²) in [5.74, 6) is -2.49. The molecule has 0 bridgehead atoms. The minimum Gasteiger partial charge on any atom is -0.206 e. The van der Waals surface area contributed by atoms with Crippen LogP contribution in [0.25, 0.3) is 0 Å². The topological polar surface area (TPSA) is 0 Å². The van der Waals surface area contributed by atoms with E-state index in [1.807, 2.05) is 6.07 Å². The van der Waals surface area contributed by atoms with Crippen molar-refractivity contribution in [1.82, 2.24) is 0 Å². The molecule has 0 aliphatic heterocycles. The molecule has 1 fully saturated rings. The standard InChI is InChI=1S/C10H10F2/c1-9(7-10(9,11)12)8-5-3-2-4-6-8/h2-6H,7H2,1H3/t9-/m0/s1. The van der Waals surface area contributed by atoms with Crippen LogP contribution in [0.2, 0.25) is 0 Å².